The van der Waals surface area contributed by atoms with Gasteiger partial charge in [0, 0.05) is 25.6 Å². The first-order valence-corrected chi connectivity index (χ1v) is 5.94. The Bertz CT molecular complexity index is 454. The van der Waals surface area contributed by atoms with E-state index >= 15 is 0 Å². The minimum absolute atomic E-state index is 0.149. The third kappa shape index (κ3) is 3.78. The Morgan fingerprint density at radius 1 is 1.33 bits per heavy atom. The summed E-state index contributed by atoms with van der Waals surface area (Å²) in [6.45, 7) is 0.235. The van der Waals surface area contributed by atoms with E-state index in [9.17, 15) is 9.59 Å². The zero-order valence-electron chi connectivity index (χ0n) is 9.72. The van der Waals surface area contributed by atoms with Gasteiger partial charge in [-0.25, -0.2) is 0 Å². The summed E-state index contributed by atoms with van der Waals surface area (Å²) in [5.74, 6) is -0.506. The van der Waals surface area contributed by atoms with E-state index in [0.717, 1.165) is 0 Å². The predicted octanol–water partition coefficient (Wildman–Crippen LogP) is 1.44. The lowest BCUT2D eigenvalue weighted by Gasteiger charge is -2.07. The Morgan fingerprint density at radius 3 is 2.56 bits per heavy atom. The zero-order chi connectivity index (χ0) is 13.7. The number of carbonyl (C=O) groups is 2. The molecule has 1 aromatic carbocycles. The first-order chi connectivity index (χ1) is 8.45. The van der Waals surface area contributed by atoms with Crippen LogP contribution >= 0.6 is 23.2 Å². The molecule has 0 atom stereocenters. The molecular formula is C11H13Cl2N3O2. The molecule has 7 heteroatoms. The normalized spacial score (nSPS) is 9.94. The van der Waals surface area contributed by atoms with Crippen LogP contribution in [0, 0.1) is 0 Å². The maximum absolute atomic E-state index is 11.7. The molecule has 0 bridgehead atoms. The van der Waals surface area contributed by atoms with Crippen molar-refractivity contribution in [3.05, 3.63) is 27.7 Å². The number of hydrogen-bond acceptors (Lipinski definition) is 3. The van der Waals surface area contributed by atoms with Crippen molar-refractivity contribution in [3.63, 3.8) is 0 Å². The molecule has 0 radical (unpaired) electrons. The topological polar surface area (TPSA) is 84.2 Å². The van der Waals surface area contributed by atoms with Gasteiger partial charge in [0.05, 0.1) is 15.7 Å². The number of halogens is 2. The second kappa shape index (κ2) is 6.47. The molecule has 1 aromatic rings. The van der Waals surface area contributed by atoms with E-state index in [1.165, 1.54) is 19.2 Å². The van der Waals surface area contributed by atoms with E-state index in [0.29, 0.717) is 5.56 Å². The van der Waals surface area contributed by atoms with Gasteiger partial charge in [-0.05, 0) is 12.1 Å². The molecule has 4 N–H and O–H groups in total. The van der Waals surface area contributed by atoms with Gasteiger partial charge in [0.2, 0.25) is 5.91 Å². The number of rotatable bonds is 4. The summed E-state index contributed by atoms with van der Waals surface area (Å²) in [6, 6.07) is 2.86. The van der Waals surface area contributed by atoms with Crippen LogP contribution in [-0.4, -0.2) is 25.4 Å². The van der Waals surface area contributed by atoms with Crippen LogP contribution in [0.2, 0.25) is 10.0 Å². The minimum Gasteiger partial charge on any atom is -0.397 e. The Kier molecular flexibility index (Phi) is 5.25. The van der Waals surface area contributed by atoms with Crippen molar-refractivity contribution in [1.29, 1.82) is 0 Å². The third-order valence-electron chi connectivity index (χ3n) is 2.24. The fourth-order valence-electron chi connectivity index (χ4n) is 1.26. The van der Waals surface area contributed by atoms with Crippen molar-refractivity contribution in [3.8, 4) is 0 Å². The van der Waals surface area contributed by atoms with Crippen molar-refractivity contribution in [1.82, 2.24) is 10.6 Å². The van der Waals surface area contributed by atoms with Gasteiger partial charge >= 0.3 is 0 Å². The summed E-state index contributed by atoms with van der Waals surface area (Å²) in [5.41, 5.74) is 6.14. The van der Waals surface area contributed by atoms with Crippen molar-refractivity contribution in [2.75, 3.05) is 19.3 Å². The van der Waals surface area contributed by atoms with E-state index < -0.39 is 0 Å². The Labute approximate surface area is 115 Å². The van der Waals surface area contributed by atoms with Crippen molar-refractivity contribution < 1.29 is 9.59 Å². The molecule has 0 aromatic heterocycles. The second-order valence-electron chi connectivity index (χ2n) is 3.54. The lowest BCUT2D eigenvalue weighted by atomic mass is 10.2. The highest BCUT2D eigenvalue weighted by Crippen LogP contribution is 2.29. The average Bonchev–Trinajstić information content (AvgIpc) is 2.34. The fourth-order valence-corrected chi connectivity index (χ4v) is 1.59. The Balaban J connectivity index is 2.65. The van der Waals surface area contributed by atoms with Gasteiger partial charge in [-0.1, -0.05) is 23.2 Å². The summed E-state index contributed by atoms with van der Waals surface area (Å²) in [6.07, 6.45) is 0.207. The van der Waals surface area contributed by atoms with Crippen LogP contribution in [0.25, 0.3) is 0 Å². The molecule has 0 heterocycles. The van der Waals surface area contributed by atoms with Crippen LogP contribution in [0.4, 0.5) is 5.69 Å². The van der Waals surface area contributed by atoms with E-state index in [4.69, 9.17) is 28.9 Å². The third-order valence-corrected chi connectivity index (χ3v) is 3.05. The van der Waals surface area contributed by atoms with Crippen LogP contribution in [-0.2, 0) is 4.79 Å². The van der Waals surface area contributed by atoms with Crippen LogP contribution < -0.4 is 16.4 Å². The quantitative estimate of drug-likeness (QED) is 0.734. The second-order valence-corrected chi connectivity index (χ2v) is 4.33. The molecule has 0 unspecified atom stereocenters. The summed E-state index contributed by atoms with van der Waals surface area (Å²) < 4.78 is 0. The van der Waals surface area contributed by atoms with E-state index in [2.05, 4.69) is 10.6 Å². The molecule has 0 spiro atoms. The summed E-state index contributed by atoms with van der Waals surface area (Å²) in [4.78, 5) is 22.7. The highest BCUT2D eigenvalue weighted by molar-refractivity contribution is 6.43. The number of nitrogens with two attached hydrogens (primary N) is 1. The molecule has 0 aliphatic heterocycles. The van der Waals surface area contributed by atoms with Crippen molar-refractivity contribution in [2.45, 2.75) is 6.42 Å². The molecule has 1 rings (SSSR count). The lowest BCUT2D eigenvalue weighted by Crippen LogP contribution is -2.29. The molecular weight excluding hydrogens is 277 g/mol. The van der Waals surface area contributed by atoms with Crippen LogP contribution in [0.15, 0.2) is 12.1 Å². The molecule has 0 saturated heterocycles. The van der Waals surface area contributed by atoms with Gasteiger partial charge < -0.3 is 16.4 Å². The van der Waals surface area contributed by atoms with E-state index in [1.807, 2.05) is 0 Å². The van der Waals surface area contributed by atoms with Crippen LogP contribution in [0.3, 0.4) is 0 Å². The monoisotopic (exact) mass is 289 g/mol. The highest BCUT2D eigenvalue weighted by Gasteiger charge is 2.11. The Morgan fingerprint density at radius 2 is 2.00 bits per heavy atom. The maximum atomic E-state index is 11.7. The van der Waals surface area contributed by atoms with Gasteiger partial charge in [-0.3, -0.25) is 9.59 Å². The first kappa shape index (κ1) is 14.6. The predicted molar refractivity (Wildman–Crippen MR) is 71.9 cm³/mol. The van der Waals surface area contributed by atoms with Crippen LogP contribution in [0.5, 0.6) is 0 Å². The minimum atomic E-state index is -0.357. The van der Waals surface area contributed by atoms with Gasteiger partial charge in [0.1, 0.15) is 0 Å². The molecule has 98 valence electrons. The van der Waals surface area contributed by atoms with Crippen LogP contribution in [0.1, 0.15) is 16.8 Å². The molecule has 5 nitrogen and oxygen atoms in total. The number of carbonyl (C=O) groups excluding carboxylic acids is 2. The molecule has 0 aliphatic rings. The largest absolute Gasteiger partial charge is 0.397 e. The summed E-state index contributed by atoms with van der Waals surface area (Å²) in [5, 5.41) is 5.47. The standard InChI is InChI=1S/C11H13Cl2N3O2/c1-15-9(17)2-3-16-11(18)6-4-7(12)10(13)8(14)5-6/h4-5H,2-3,14H2,1H3,(H,15,17)(H,16,18). The van der Waals surface area contributed by atoms with E-state index in [1.54, 1.807) is 0 Å². The van der Waals surface area contributed by atoms with E-state index in [-0.39, 0.29) is 40.5 Å². The molecule has 0 fully saturated rings. The maximum Gasteiger partial charge on any atom is 0.251 e. The lowest BCUT2D eigenvalue weighted by molar-refractivity contribution is -0.120. The molecule has 0 saturated carbocycles. The van der Waals surface area contributed by atoms with Gasteiger partial charge in [0.15, 0.2) is 0 Å². The highest BCUT2D eigenvalue weighted by atomic mass is 35.5. The Hall–Kier alpha value is -1.46. The smallest absolute Gasteiger partial charge is 0.251 e. The van der Waals surface area contributed by atoms with Crippen molar-refractivity contribution in [2.24, 2.45) is 0 Å². The number of amides is 2. The molecule has 2 amide bonds. The molecule has 0 aliphatic carbocycles. The average molecular weight is 290 g/mol. The first-order valence-electron chi connectivity index (χ1n) is 5.19. The zero-order valence-corrected chi connectivity index (χ0v) is 11.2. The van der Waals surface area contributed by atoms with Gasteiger partial charge in [-0.2, -0.15) is 0 Å². The summed E-state index contributed by atoms with van der Waals surface area (Å²) in [7, 11) is 1.53. The number of hydrogen-bond donors (Lipinski definition) is 3. The SMILES string of the molecule is CNC(=O)CCNC(=O)c1cc(N)c(Cl)c(Cl)c1. The number of benzene rings is 1. The van der Waals surface area contributed by atoms with Gasteiger partial charge in [-0.15, -0.1) is 0 Å². The molecule has 18 heavy (non-hydrogen) atoms. The van der Waals surface area contributed by atoms with Crippen molar-refractivity contribution >= 4 is 40.7 Å². The summed E-state index contributed by atoms with van der Waals surface area (Å²) >= 11 is 11.6. The fraction of sp³-hybridized carbons (Fsp3) is 0.273. The van der Waals surface area contributed by atoms with Gasteiger partial charge in [0.25, 0.3) is 5.91 Å². The number of nitrogen functional groups attached to an aromatic ring is 1. The number of anilines is 1. The number of nitrogens with one attached hydrogen (secondary N) is 2.